The molecule has 0 N–H and O–H groups in total. The van der Waals surface area contributed by atoms with Crippen LogP contribution in [0.15, 0.2) is 81.7 Å². The Morgan fingerprint density at radius 3 is 2.44 bits per heavy atom. The highest BCUT2D eigenvalue weighted by molar-refractivity contribution is 7.07. The highest BCUT2D eigenvalue weighted by Crippen LogP contribution is 2.35. The molecule has 11 heteroatoms. The van der Waals surface area contributed by atoms with E-state index in [1.54, 1.807) is 44.2 Å². The largest absolute Gasteiger partial charge is 0.488 e. The van der Waals surface area contributed by atoms with Gasteiger partial charge in [-0.2, -0.15) is 0 Å². The Hall–Kier alpha value is -3.56. The number of hydrogen-bond acceptors (Lipinski definition) is 7. The second-order valence-corrected chi connectivity index (χ2v) is 12.5. The van der Waals surface area contributed by atoms with Crippen molar-refractivity contribution in [3.8, 4) is 5.75 Å². The van der Waals surface area contributed by atoms with Gasteiger partial charge >= 0.3 is 5.97 Å². The molecule has 2 heterocycles. The van der Waals surface area contributed by atoms with Crippen LogP contribution in [0.3, 0.4) is 0 Å². The number of benzene rings is 3. The zero-order valence-corrected chi connectivity index (χ0v) is 28.4. The van der Waals surface area contributed by atoms with Crippen molar-refractivity contribution in [3.63, 3.8) is 0 Å². The summed E-state index contributed by atoms with van der Waals surface area (Å²) in [7, 11) is 0. The number of nitrogens with zero attached hydrogens (tertiary/aromatic N) is 3. The van der Waals surface area contributed by atoms with E-state index < -0.39 is 12.0 Å². The fourth-order valence-corrected chi connectivity index (χ4v) is 6.86. The van der Waals surface area contributed by atoms with E-state index >= 15 is 0 Å². The van der Waals surface area contributed by atoms with Gasteiger partial charge < -0.3 is 14.4 Å². The lowest BCUT2D eigenvalue weighted by atomic mass is 9.96. The van der Waals surface area contributed by atoms with Crippen LogP contribution in [0.1, 0.15) is 50.4 Å². The van der Waals surface area contributed by atoms with Crippen molar-refractivity contribution >= 4 is 63.9 Å². The molecule has 0 saturated carbocycles. The fourth-order valence-electron chi connectivity index (χ4n) is 5.27. The maximum Gasteiger partial charge on any atom is 0.338 e. The summed E-state index contributed by atoms with van der Waals surface area (Å²) in [5, 5.41) is 1.34. The smallest absolute Gasteiger partial charge is 0.338 e. The molecule has 7 nitrogen and oxygen atoms in total. The molecule has 0 amide bonds. The van der Waals surface area contributed by atoms with E-state index in [2.05, 4.69) is 23.7 Å². The molecule has 0 saturated heterocycles. The number of thiazole rings is 1. The van der Waals surface area contributed by atoms with E-state index in [0.717, 1.165) is 24.3 Å². The van der Waals surface area contributed by atoms with Crippen LogP contribution in [-0.2, 0) is 16.1 Å². The number of anilines is 1. The first-order valence-electron chi connectivity index (χ1n) is 14.6. The van der Waals surface area contributed by atoms with Crippen molar-refractivity contribution in [3.05, 3.63) is 123 Å². The van der Waals surface area contributed by atoms with Crippen LogP contribution in [0.4, 0.5) is 5.69 Å². The minimum Gasteiger partial charge on any atom is -0.488 e. The van der Waals surface area contributed by atoms with E-state index in [-0.39, 0.29) is 24.3 Å². The highest BCUT2D eigenvalue weighted by Gasteiger charge is 2.34. The van der Waals surface area contributed by atoms with Gasteiger partial charge in [-0.15, -0.1) is 0 Å². The van der Waals surface area contributed by atoms with Crippen molar-refractivity contribution < 1.29 is 14.3 Å². The predicted molar refractivity (Wildman–Crippen MR) is 183 cm³/mol. The molecule has 0 radical (unpaired) electrons. The van der Waals surface area contributed by atoms with Crippen LogP contribution < -0.4 is 24.5 Å². The summed E-state index contributed by atoms with van der Waals surface area (Å²) in [6, 6.07) is 17.7. The number of allylic oxidation sites excluding steroid dienone is 1. The monoisotopic (exact) mass is 683 g/mol. The van der Waals surface area contributed by atoms with E-state index in [1.165, 1.54) is 15.9 Å². The summed E-state index contributed by atoms with van der Waals surface area (Å²) in [6.07, 6.45) is 1.80. The second-order valence-electron chi connectivity index (χ2n) is 10.3. The molecule has 234 valence electrons. The van der Waals surface area contributed by atoms with Crippen molar-refractivity contribution in [2.45, 2.75) is 40.3 Å². The van der Waals surface area contributed by atoms with Gasteiger partial charge in [-0.1, -0.05) is 70.4 Å². The molecule has 3 aromatic carbocycles. The molecule has 1 aliphatic rings. The Bertz CT molecular complexity index is 1960. The fraction of sp³-hybridized carbons (Fsp3) is 0.265. The first-order chi connectivity index (χ1) is 21.7. The lowest BCUT2D eigenvalue weighted by molar-refractivity contribution is -0.139. The van der Waals surface area contributed by atoms with Gasteiger partial charge in [0.2, 0.25) is 0 Å². The van der Waals surface area contributed by atoms with Gasteiger partial charge in [-0.05, 0) is 75.2 Å². The maximum absolute atomic E-state index is 14.2. The van der Waals surface area contributed by atoms with Crippen LogP contribution in [-0.4, -0.2) is 30.2 Å². The number of rotatable bonds is 10. The molecular formula is C34H32Cl3N3O4S. The molecule has 1 aromatic heterocycles. The number of aromatic nitrogens is 1. The topological polar surface area (TPSA) is 73.1 Å². The summed E-state index contributed by atoms with van der Waals surface area (Å²) in [5.74, 6) is 0.0604. The Balaban J connectivity index is 1.65. The average molecular weight is 685 g/mol. The van der Waals surface area contributed by atoms with Gasteiger partial charge in [0.25, 0.3) is 5.56 Å². The average Bonchev–Trinajstić information content (AvgIpc) is 3.32. The van der Waals surface area contributed by atoms with Crippen molar-refractivity contribution in [2.24, 2.45) is 4.99 Å². The van der Waals surface area contributed by atoms with Crippen LogP contribution in [0.25, 0.3) is 6.08 Å². The normalized spacial score (nSPS) is 14.6. The molecular weight excluding hydrogens is 653 g/mol. The summed E-state index contributed by atoms with van der Waals surface area (Å²) in [5.41, 5.74) is 3.62. The van der Waals surface area contributed by atoms with Gasteiger partial charge in [0.15, 0.2) is 4.80 Å². The molecule has 0 unspecified atom stereocenters. The predicted octanol–water partition coefficient (Wildman–Crippen LogP) is 7.18. The minimum atomic E-state index is -0.799. The zero-order valence-electron chi connectivity index (χ0n) is 25.3. The number of carbonyl (C=O) groups is 1. The van der Waals surface area contributed by atoms with E-state index in [9.17, 15) is 9.59 Å². The van der Waals surface area contributed by atoms with Crippen molar-refractivity contribution in [1.82, 2.24) is 4.57 Å². The Morgan fingerprint density at radius 1 is 1.00 bits per heavy atom. The molecule has 5 rings (SSSR count). The lowest BCUT2D eigenvalue weighted by Gasteiger charge is -2.25. The molecule has 1 atom stereocenters. The Morgan fingerprint density at radius 2 is 1.76 bits per heavy atom. The van der Waals surface area contributed by atoms with Crippen LogP contribution in [0.5, 0.6) is 5.75 Å². The Labute approximate surface area is 280 Å². The number of halogens is 3. The molecule has 0 fully saturated rings. The summed E-state index contributed by atoms with van der Waals surface area (Å²) in [6.45, 7) is 9.75. The van der Waals surface area contributed by atoms with Crippen LogP contribution >= 0.6 is 46.1 Å². The van der Waals surface area contributed by atoms with E-state index in [0.29, 0.717) is 47.0 Å². The zero-order chi connectivity index (χ0) is 32.2. The van der Waals surface area contributed by atoms with E-state index in [4.69, 9.17) is 44.3 Å². The second kappa shape index (κ2) is 14.3. The summed E-state index contributed by atoms with van der Waals surface area (Å²) in [4.78, 5) is 34.7. The van der Waals surface area contributed by atoms with Gasteiger partial charge in [0.05, 0.1) is 32.5 Å². The molecule has 4 aromatic rings. The lowest BCUT2D eigenvalue weighted by Crippen LogP contribution is -2.40. The van der Waals surface area contributed by atoms with Crippen molar-refractivity contribution in [1.29, 1.82) is 0 Å². The SMILES string of the molecule is CCOC(=O)C1=C(C)N=c2s/c(=C\c3ccc(N(CC)CC)cc3OCc3ccc(Cl)c(Cl)c3)c(=O)n2[C@H]1c1ccccc1Cl. The highest BCUT2D eigenvalue weighted by atomic mass is 35.5. The molecule has 0 aliphatic carbocycles. The van der Waals surface area contributed by atoms with Crippen LogP contribution in [0.2, 0.25) is 15.1 Å². The quantitative estimate of drug-likeness (QED) is 0.166. The molecule has 1 aliphatic heterocycles. The standard InChI is InChI=1S/C34H32Cl3N3O4S/c1-5-39(6-2)23-14-13-22(28(18-23)44-19-21-12-15-26(36)27(37)16-21)17-29-32(41)40-31(24-10-8-9-11-25(24)35)30(33(42)43-7-3)20(4)38-34(40)45-29/h8-18,31H,5-7,19H2,1-4H3/b29-17-/t31-/m0/s1. The first-order valence-corrected chi connectivity index (χ1v) is 16.5. The molecule has 0 bridgehead atoms. The summed E-state index contributed by atoms with van der Waals surface area (Å²) < 4.78 is 13.7. The third-order valence-electron chi connectivity index (χ3n) is 7.51. The number of carbonyl (C=O) groups excluding carboxylic acids is 1. The third kappa shape index (κ3) is 6.84. The van der Waals surface area contributed by atoms with Crippen LogP contribution in [0, 0.1) is 0 Å². The minimum absolute atomic E-state index is 0.184. The number of hydrogen-bond donors (Lipinski definition) is 0. The van der Waals surface area contributed by atoms with Gasteiger partial charge in [0.1, 0.15) is 18.4 Å². The Kier molecular flexibility index (Phi) is 10.4. The first kappa shape index (κ1) is 32.8. The van der Waals surface area contributed by atoms with Gasteiger partial charge in [-0.3, -0.25) is 9.36 Å². The number of ether oxygens (including phenoxy) is 2. The summed E-state index contributed by atoms with van der Waals surface area (Å²) >= 11 is 20.2. The van der Waals surface area contributed by atoms with Gasteiger partial charge in [-0.25, -0.2) is 9.79 Å². The third-order valence-corrected chi connectivity index (χ3v) is 9.57. The molecule has 0 spiro atoms. The van der Waals surface area contributed by atoms with Gasteiger partial charge in [0, 0.05) is 35.4 Å². The maximum atomic E-state index is 14.2. The number of esters is 1. The number of fused-ring (bicyclic) bond motifs is 1. The molecule has 45 heavy (non-hydrogen) atoms. The van der Waals surface area contributed by atoms with E-state index in [1.807, 2.05) is 36.4 Å². The van der Waals surface area contributed by atoms with Crippen molar-refractivity contribution in [2.75, 3.05) is 24.6 Å².